The third kappa shape index (κ3) is 3.12. The number of hydrogen-bond acceptors (Lipinski definition) is 3. The summed E-state index contributed by atoms with van der Waals surface area (Å²) in [5.41, 5.74) is 5.76. The van der Waals surface area contributed by atoms with Gasteiger partial charge in [0.2, 0.25) is 0 Å². The maximum Gasteiger partial charge on any atom is 0.272 e. The van der Waals surface area contributed by atoms with Crippen LogP contribution in [0.4, 0.5) is 0 Å². The Hall–Kier alpha value is -1.43. The number of hydrogen-bond donors (Lipinski definition) is 2. The van der Waals surface area contributed by atoms with Gasteiger partial charge in [-0.25, -0.2) is 0 Å². The average Bonchev–Trinajstić information content (AvgIpc) is 2.65. The summed E-state index contributed by atoms with van der Waals surface area (Å²) in [7, 11) is 1.78. The monoisotopic (exact) mass is 280 g/mol. The molecule has 0 aliphatic heterocycles. The zero-order valence-corrected chi connectivity index (χ0v) is 12.0. The van der Waals surface area contributed by atoms with Crippen LogP contribution in [0.1, 0.15) is 49.0 Å². The third-order valence-electron chi connectivity index (χ3n) is 3.73. The molecule has 0 spiro atoms. The normalized spacial score (nSPS) is 18.6. The molecule has 19 heavy (non-hydrogen) atoms. The van der Waals surface area contributed by atoms with Crippen LogP contribution in [0.25, 0.3) is 0 Å². The number of carbonyl (C=O) groups excluding carboxylic acids is 1. The predicted molar refractivity (Wildman–Crippen MR) is 77.9 cm³/mol. The van der Waals surface area contributed by atoms with Crippen molar-refractivity contribution in [3.05, 3.63) is 18.0 Å². The molecule has 6 heteroatoms. The van der Waals surface area contributed by atoms with Crippen LogP contribution in [0.15, 0.2) is 12.3 Å². The van der Waals surface area contributed by atoms with Crippen LogP contribution in [0.5, 0.6) is 0 Å². The Morgan fingerprint density at radius 1 is 1.42 bits per heavy atom. The van der Waals surface area contributed by atoms with E-state index in [1.165, 1.54) is 12.8 Å². The molecule has 104 valence electrons. The lowest BCUT2D eigenvalue weighted by molar-refractivity contribution is 0.0911. The van der Waals surface area contributed by atoms with Crippen molar-refractivity contribution in [1.82, 2.24) is 15.1 Å². The Bertz CT molecular complexity index is 475. The van der Waals surface area contributed by atoms with Gasteiger partial charge in [-0.2, -0.15) is 5.10 Å². The second kappa shape index (κ2) is 5.69. The zero-order valence-electron chi connectivity index (χ0n) is 11.2. The summed E-state index contributed by atoms with van der Waals surface area (Å²) in [4.78, 5) is 12.6. The summed E-state index contributed by atoms with van der Waals surface area (Å²) in [6, 6.07) is 1.69. The van der Waals surface area contributed by atoms with Gasteiger partial charge < -0.3 is 11.1 Å². The van der Waals surface area contributed by atoms with E-state index in [0.717, 1.165) is 25.7 Å². The van der Waals surface area contributed by atoms with Crippen LogP contribution >= 0.6 is 12.2 Å². The van der Waals surface area contributed by atoms with Gasteiger partial charge >= 0.3 is 0 Å². The fourth-order valence-electron chi connectivity index (χ4n) is 2.58. The highest BCUT2D eigenvalue weighted by atomic mass is 32.1. The maximum absolute atomic E-state index is 12.2. The fourth-order valence-corrected chi connectivity index (χ4v) is 2.84. The number of aryl methyl sites for hydroxylation is 1. The van der Waals surface area contributed by atoms with Crippen LogP contribution in [0.2, 0.25) is 0 Å². The Balaban J connectivity index is 2.16. The first-order valence-corrected chi connectivity index (χ1v) is 7.06. The molecule has 0 atom stereocenters. The van der Waals surface area contributed by atoms with Crippen molar-refractivity contribution in [3.63, 3.8) is 0 Å². The largest absolute Gasteiger partial charge is 0.391 e. The fraction of sp³-hybridized carbons (Fsp3) is 0.615. The molecule has 0 saturated heterocycles. The lowest BCUT2D eigenvalue weighted by Crippen LogP contribution is -2.56. The van der Waals surface area contributed by atoms with Crippen LogP contribution < -0.4 is 11.1 Å². The van der Waals surface area contributed by atoms with Gasteiger partial charge in [0.15, 0.2) is 0 Å². The highest BCUT2D eigenvalue weighted by Gasteiger charge is 2.36. The summed E-state index contributed by atoms with van der Waals surface area (Å²) < 4.78 is 1.61. The van der Waals surface area contributed by atoms with Crippen molar-refractivity contribution in [2.75, 3.05) is 0 Å². The van der Waals surface area contributed by atoms with Gasteiger partial charge in [-0.15, -0.1) is 0 Å². The number of nitrogens with zero attached hydrogens (tertiary/aromatic N) is 2. The maximum atomic E-state index is 12.2. The van der Waals surface area contributed by atoms with E-state index in [2.05, 4.69) is 10.4 Å². The second-order valence-electron chi connectivity index (χ2n) is 5.19. The van der Waals surface area contributed by atoms with Crippen LogP contribution in [-0.2, 0) is 7.05 Å². The Kier molecular flexibility index (Phi) is 4.19. The van der Waals surface area contributed by atoms with E-state index in [4.69, 9.17) is 18.0 Å². The third-order valence-corrected chi connectivity index (χ3v) is 4.12. The van der Waals surface area contributed by atoms with Gasteiger partial charge in [-0.1, -0.05) is 37.9 Å². The standard InChI is InChI=1S/C13H20N4OS/c1-17-9-6-10(16-17)11(18)15-13(12(14)19)7-4-2-3-5-8-13/h6,9H,2-5,7-8H2,1H3,(H2,14,19)(H,15,18). The van der Waals surface area contributed by atoms with Gasteiger partial charge in [0.05, 0.1) is 10.5 Å². The topological polar surface area (TPSA) is 72.9 Å². The van der Waals surface area contributed by atoms with Crippen LogP contribution in [0.3, 0.4) is 0 Å². The van der Waals surface area contributed by atoms with Crippen molar-refractivity contribution >= 4 is 23.1 Å². The molecule has 1 fully saturated rings. The Morgan fingerprint density at radius 3 is 2.53 bits per heavy atom. The van der Waals surface area contributed by atoms with Crippen LogP contribution in [0, 0.1) is 0 Å². The molecule has 0 bridgehead atoms. The van der Waals surface area contributed by atoms with Crippen molar-refractivity contribution < 1.29 is 4.79 Å². The summed E-state index contributed by atoms with van der Waals surface area (Å²) in [5.74, 6) is -0.199. The number of nitrogens with two attached hydrogens (primary N) is 1. The van der Waals surface area contributed by atoms with E-state index in [9.17, 15) is 4.79 Å². The molecule has 1 aromatic heterocycles. The SMILES string of the molecule is Cn1ccc(C(=O)NC2(C(N)=S)CCCCCC2)n1. The molecule has 1 amide bonds. The summed E-state index contributed by atoms with van der Waals surface area (Å²) in [5, 5.41) is 7.13. The molecule has 1 aromatic rings. The lowest BCUT2D eigenvalue weighted by Gasteiger charge is -2.32. The van der Waals surface area contributed by atoms with E-state index in [1.54, 1.807) is 24.0 Å². The molecule has 0 radical (unpaired) electrons. The molecule has 5 nitrogen and oxygen atoms in total. The quantitative estimate of drug-likeness (QED) is 0.650. The molecular weight excluding hydrogens is 260 g/mol. The molecule has 1 aliphatic carbocycles. The Morgan fingerprint density at radius 2 is 2.05 bits per heavy atom. The number of amides is 1. The van der Waals surface area contributed by atoms with E-state index < -0.39 is 5.54 Å². The minimum absolute atomic E-state index is 0.199. The molecule has 1 aliphatic rings. The summed E-state index contributed by atoms with van der Waals surface area (Å²) in [6.07, 6.45) is 7.81. The smallest absolute Gasteiger partial charge is 0.272 e. The molecule has 1 saturated carbocycles. The lowest BCUT2D eigenvalue weighted by atomic mass is 9.90. The summed E-state index contributed by atoms with van der Waals surface area (Å²) in [6.45, 7) is 0. The van der Waals surface area contributed by atoms with Gasteiger partial charge in [-0.3, -0.25) is 9.48 Å². The molecule has 1 heterocycles. The van der Waals surface area contributed by atoms with Crippen molar-refractivity contribution in [3.8, 4) is 0 Å². The number of nitrogens with one attached hydrogen (secondary N) is 1. The molecule has 2 rings (SSSR count). The molecule has 3 N–H and O–H groups in total. The van der Waals surface area contributed by atoms with E-state index in [1.807, 2.05) is 0 Å². The molecular formula is C13H20N4OS. The minimum atomic E-state index is -0.541. The number of carbonyl (C=O) groups is 1. The first-order chi connectivity index (χ1) is 9.03. The van der Waals surface area contributed by atoms with Crippen molar-refractivity contribution in [2.24, 2.45) is 12.8 Å². The van der Waals surface area contributed by atoms with Gasteiger partial charge in [0.25, 0.3) is 5.91 Å². The molecule has 0 unspecified atom stereocenters. The highest BCUT2D eigenvalue weighted by molar-refractivity contribution is 7.80. The van der Waals surface area contributed by atoms with E-state index in [-0.39, 0.29) is 5.91 Å². The van der Waals surface area contributed by atoms with E-state index >= 15 is 0 Å². The summed E-state index contributed by atoms with van der Waals surface area (Å²) >= 11 is 5.20. The predicted octanol–water partition coefficient (Wildman–Crippen LogP) is 1.53. The van der Waals surface area contributed by atoms with Crippen molar-refractivity contribution in [2.45, 2.75) is 44.1 Å². The van der Waals surface area contributed by atoms with Gasteiger partial charge in [-0.05, 0) is 18.9 Å². The van der Waals surface area contributed by atoms with Crippen LogP contribution in [-0.4, -0.2) is 26.2 Å². The first kappa shape index (κ1) is 14.0. The number of thiocarbonyl (C=S) groups is 1. The zero-order chi connectivity index (χ0) is 13.9. The van der Waals surface area contributed by atoms with E-state index in [0.29, 0.717) is 10.7 Å². The highest BCUT2D eigenvalue weighted by Crippen LogP contribution is 2.27. The first-order valence-electron chi connectivity index (χ1n) is 6.66. The second-order valence-corrected chi connectivity index (χ2v) is 5.63. The van der Waals surface area contributed by atoms with Gasteiger partial charge in [0.1, 0.15) is 5.69 Å². The minimum Gasteiger partial charge on any atom is -0.391 e. The Labute approximate surface area is 118 Å². The van der Waals surface area contributed by atoms with Gasteiger partial charge in [0, 0.05) is 13.2 Å². The number of aromatic nitrogens is 2. The molecule has 0 aromatic carbocycles. The number of rotatable bonds is 3. The van der Waals surface area contributed by atoms with Crippen molar-refractivity contribution in [1.29, 1.82) is 0 Å². The average molecular weight is 280 g/mol.